The van der Waals surface area contributed by atoms with E-state index in [1.54, 1.807) is 18.3 Å². The normalized spacial score (nSPS) is 15.6. The van der Waals surface area contributed by atoms with Crippen LogP contribution in [0.2, 0.25) is 0 Å². The highest BCUT2D eigenvalue weighted by Gasteiger charge is 2.30. The Hall–Kier alpha value is -13.4. The number of nitrogens with zero attached hydrogens (tertiary/aromatic N) is 22. The molecule has 120 heavy (non-hydrogen) atoms. The molecule has 21 rings (SSSR count). The molecule has 0 radical (unpaired) electrons. The standard InChI is InChI=1S/C88H82N24O8/c113-85-105(33-29-101-37-45-117-46-38-101)81(57-13-5-1-6-14-57)97-109(85)61-21-25-65-69(53-61)77-89-73(65)94-78-71-55-63(111-87(115)107(35-31-103-41-49-119-50-42-103)83(99-111)59-17-9-3-10-18-59)23-27-67(71)75(91-78)96-80-72-56-64(112-88(116)108(36-32-104-43-51-120-52-44-104)84(100-112)60-19-11-4-12-20-60)24-28-68(72)76(92-80)95-79-70-54-62(22-26-66(70)74(90-79)93-77)110-86(114)106(34-30-102-39-47-118-48-40-102)82(98-110)58-15-7-2-8-16-58/h1-28,53-56H,29-52H2,(H2,89,90,91,92,93,94,95,96). The van der Waals surface area contributed by atoms with Gasteiger partial charge in [0.05, 0.1) is 75.6 Å². The third-order valence-corrected chi connectivity index (χ3v) is 23.3. The van der Waals surface area contributed by atoms with Gasteiger partial charge >= 0.3 is 22.8 Å². The minimum Gasteiger partial charge on any atom is -0.379 e. The molecule has 4 fully saturated rings. The highest BCUT2D eigenvalue weighted by atomic mass is 16.5. The van der Waals surface area contributed by atoms with E-state index < -0.39 is 0 Å². The molecule has 2 N–H and O–H groups in total. The van der Waals surface area contributed by atoms with Crippen molar-refractivity contribution in [1.82, 2.24) is 117 Å². The molecule has 32 nitrogen and oxygen atoms in total. The number of morpholine rings is 4. The highest BCUT2D eigenvalue weighted by molar-refractivity contribution is 6.07. The molecule has 0 aliphatic carbocycles. The summed E-state index contributed by atoms with van der Waals surface area (Å²) in [4.78, 5) is 110. The van der Waals surface area contributed by atoms with E-state index in [4.69, 9.17) is 69.2 Å². The van der Waals surface area contributed by atoms with Gasteiger partial charge in [-0.25, -0.2) is 49.1 Å². The third kappa shape index (κ3) is 14.0. The van der Waals surface area contributed by atoms with Gasteiger partial charge in [0.25, 0.3) is 0 Å². The van der Waals surface area contributed by atoms with Gasteiger partial charge in [-0.1, -0.05) is 121 Å². The number of H-pyrrole nitrogens is 2. The van der Waals surface area contributed by atoms with E-state index >= 15 is 19.2 Å². The number of nitrogens with one attached hydrogen (secondary N) is 2. The number of hydrogen-bond donors (Lipinski definition) is 2. The quantitative estimate of drug-likeness (QED) is 0.0725. The fraction of sp³-hybridized carbons (Fsp3) is 0.273. The predicted molar refractivity (Wildman–Crippen MR) is 452 cm³/mol. The minimum atomic E-state index is -0.337. The first-order valence-electron chi connectivity index (χ1n) is 40.7. The van der Waals surface area contributed by atoms with Crippen LogP contribution in [0.3, 0.4) is 0 Å². The second kappa shape index (κ2) is 31.8. The topological polar surface area (TPSA) is 318 Å². The van der Waals surface area contributed by atoms with Crippen LogP contribution in [-0.2, 0) is 45.1 Å². The van der Waals surface area contributed by atoms with Crippen molar-refractivity contribution in [2.45, 2.75) is 26.2 Å². The van der Waals surface area contributed by atoms with Crippen molar-refractivity contribution >= 4 is 44.1 Å². The highest BCUT2D eigenvalue weighted by Crippen LogP contribution is 2.40. The zero-order chi connectivity index (χ0) is 80.3. The summed E-state index contributed by atoms with van der Waals surface area (Å²) in [6.07, 6.45) is 0. The molecule has 4 saturated heterocycles. The molecule has 0 atom stereocenters. The van der Waals surface area contributed by atoms with E-state index in [1.165, 1.54) is 18.7 Å². The van der Waals surface area contributed by atoms with Crippen molar-refractivity contribution in [3.05, 3.63) is 236 Å². The Morgan fingerprint density at radius 1 is 0.258 bits per heavy atom. The monoisotopic (exact) mass is 1600 g/mol. The van der Waals surface area contributed by atoms with Crippen LogP contribution in [0.1, 0.15) is 0 Å². The summed E-state index contributed by atoms with van der Waals surface area (Å²) in [5.41, 5.74) is 7.07. The summed E-state index contributed by atoms with van der Waals surface area (Å²) >= 11 is 0. The fourth-order valence-corrected chi connectivity index (χ4v) is 16.8. The van der Waals surface area contributed by atoms with Crippen LogP contribution in [0.15, 0.2) is 213 Å². The van der Waals surface area contributed by atoms with E-state index in [0.29, 0.717) is 218 Å². The van der Waals surface area contributed by atoms with Gasteiger partial charge < -0.3 is 28.9 Å². The van der Waals surface area contributed by atoms with Crippen molar-refractivity contribution in [3.63, 3.8) is 0 Å². The molecule has 13 heterocycles. The zero-order valence-corrected chi connectivity index (χ0v) is 65.6. The lowest BCUT2D eigenvalue weighted by molar-refractivity contribution is 0.0363. The van der Waals surface area contributed by atoms with E-state index in [-0.39, 0.29) is 46.1 Å². The van der Waals surface area contributed by atoms with Crippen LogP contribution < -0.4 is 22.8 Å². The third-order valence-electron chi connectivity index (χ3n) is 23.3. The Labute approximate surface area is 684 Å². The predicted octanol–water partition coefficient (Wildman–Crippen LogP) is 8.26. The fourth-order valence-electron chi connectivity index (χ4n) is 16.8. The van der Waals surface area contributed by atoms with Crippen LogP contribution in [0.5, 0.6) is 0 Å². The summed E-state index contributed by atoms with van der Waals surface area (Å²) in [5.74, 6) is 2.99. The van der Waals surface area contributed by atoms with Crippen molar-refractivity contribution in [1.29, 1.82) is 0 Å². The molecule has 0 amide bonds. The van der Waals surface area contributed by atoms with Crippen molar-refractivity contribution < 1.29 is 18.9 Å². The number of aromatic nitrogens is 20. The largest absolute Gasteiger partial charge is 0.379 e. The lowest BCUT2D eigenvalue weighted by atomic mass is 10.1. The second-order valence-electron chi connectivity index (χ2n) is 30.5. The van der Waals surface area contributed by atoms with Gasteiger partial charge in [0.1, 0.15) is 22.6 Å². The molecular formula is C88H82N24O8. The Bertz CT molecular complexity index is 6450. The maximum absolute atomic E-state index is 15.2. The molecule has 8 aromatic carbocycles. The summed E-state index contributed by atoms with van der Waals surface area (Å²) in [5, 5.41) is 22.8. The summed E-state index contributed by atoms with van der Waals surface area (Å²) in [6, 6.07) is 61.2. The summed E-state index contributed by atoms with van der Waals surface area (Å²) in [6.45, 7) is 14.8. The van der Waals surface area contributed by atoms with Gasteiger partial charge in [-0.3, -0.25) is 37.9 Å². The molecule has 602 valence electrons. The molecular weight excluding hydrogens is 1520 g/mol. The van der Waals surface area contributed by atoms with Crippen molar-refractivity contribution in [2.75, 3.05) is 131 Å². The van der Waals surface area contributed by atoms with Gasteiger partial charge in [0.2, 0.25) is 0 Å². The van der Waals surface area contributed by atoms with Gasteiger partial charge in [-0.15, -0.1) is 20.4 Å². The molecule has 0 unspecified atom stereocenters. The first-order chi connectivity index (χ1) is 59.1. The van der Waals surface area contributed by atoms with Gasteiger partial charge in [0, 0.05) is 171 Å². The number of ether oxygens (including phenoxy) is 4. The molecule has 6 aliphatic heterocycles. The Morgan fingerprint density at radius 3 is 0.792 bits per heavy atom. The maximum atomic E-state index is 15.2. The molecule has 7 aromatic heterocycles. The van der Waals surface area contributed by atoms with Crippen molar-refractivity contribution in [2.24, 2.45) is 0 Å². The first-order valence-corrected chi connectivity index (χ1v) is 40.7. The maximum Gasteiger partial charge on any atom is 0.351 e. The molecule has 15 aromatic rings. The molecule has 32 heteroatoms. The van der Waals surface area contributed by atoms with E-state index in [1.807, 2.05) is 194 Å². The van der Waals surface area contributed by atoms with E-state index in [0.717, 1.165) is 74.6 Å². The van der Waals surface area contributed by atoms with Crippen LogP contribution in [0, 0.1) is 0 Å². The summed E-state index contributed by atoms with van der Waals surface area (Å²) < 4.78 is 35.4. The van der Waals surface area contributed by atoms with Crippen LogP contribution >= 0.6 is 0 Å². The number of hydrogen-bond acceptors (Lipinski definition) is 22. The van der Waals surface area contributed by atoms with Gasteiger partial charge in [0.15, 0.2) is 46.6 Å². The minimum absolute atomic E-state index is 0.229. The zero-order valence-electron chi connectivity index (χ0n) is 65.6. The van der Waals surface area contributed by atoms with Crippen LogP contribution in [-0.4, -0.2) is 248 Å². The molecule has 6 aliphatic rings. The Balaban J connectivity index is 0.788. The van der Waals surface area contributed by atoms with E-state index in [2.05, 4.69) is 29.6 Å². The number of fused-ring (bicyclic) bond motifs is 20. The van der Waals surface area contributed by atoms with E-state index in [9.17, 15) is 0 Å². The lowest BCUT2D eigenvalue weighted by Gasteiger charge is -2.26. The van der Waals surface area contributed by atoms with Gasteiger partial charge in [-0.2, -0.15) is 18.7 Å². The lowest BCUT2D eigenvalue weighted by Crippen LogP contribution is -2.39. The molecule has 8 bridgehead atoms. The van der Waals surface area contributed by atoms with Crippen LogP contribution in [0.25, 0.3) is 158 Å². The summed E-state index contributed by atoms with van der Waals surface area (Å²) in [7, 11) is 0. The molecule has 0 saturated carbocycles. The van der Waals surface area contributed by atoms with Crippen LogP contribution in [0.4, 0.5) is 0 Å². The van der Waals surface area contributed by atoms with Gasteiger partial charge in [-0.05, 0) is 72.8 Å². The Kier molecular flexibility index (Phi) is 19.6. The average molecular weight is 1600 g/mol. The average Bonchev–Trinajstić information content (AvgIpc) is 1.59. The number of benzene rings is 8. The van der Waals surface area contributed by atoms with Crippen molar-refractivity contribution in [3.8, 4) is 114 Å². The number of rotatable bonds is 20. The molecule has 0 spiro atoms. The Morgan fingerprint density at radius 2 is 0.508 bits per heavy atom. The second-order valence-corrected chi connectivity index (χ2v) is 30.5. The first kappa shape index (κ1) is 74.1. The number of aromatic amines is 2. The SMILES string of the molecule is O=c1n(-c2ccc3c(c2)-c2nc-3nc3[nH]c(nc4nc(nc5[nH]c(n2)c2ccc(-n6nc(-c7ccccc7)n(CCN7CCOCC7)c6=O)cc52)-c2ccc(-n5nc(-c6ccccc6)n(CCN6CCOCC6)c5=O)cc2-4)c2ccc(-n4nc(-c5ccccc5)n(CCN5CCOCC5)c4=O)cc32)nc(-c2ccccc2)n1CCN1CCOCC1. The smallest absolute Gasteiger partial charge is 0.351 e.